The van der Waals surface area contributed by atoms with Gasteiger partial charge in [0.15, 0.2) is 0 Å². The molecule has 0 spiro atoms. The van der Waals surface area contributed by atoms with Crippen molar-refractivity contribution in [1.29, 1.82) is 0 Å². The summed E-state index contributed by atoms with van der Waals surface area (Å²) in [4.78, 5) is 29.1. The number of carbonyl (C=O) groups excluding carboxylic acids is 2. The zero-order chi connectivity index (χ0) is 19.1. The van der Waals surface area contributed by atoms with Crippen molar-refractivity contribution in [2.24, 2.45) is 5.92 Å². The molecule has 1 fully saturated rings. The highest BCUT2D eigenvalue weighted by Gasteiger charge is 2.42. The number of aliphatic hydroxyl groups is 1. The second-order valence-electron chi connectivity index (χ2n) is 6.33. The van der Waals surface area contributed by atoms with Crippen molar-refractivity contribution in [2.75, 3.05) is 40.0 Å². The first-order valence-corrected chi connectivity index (χ1v) is 9.35. The summed E-state index contributed by atoms with van der Waals surface area (Å²) in [6.07, 6.45) is 0.788. The van der Waals surface area contributed by atoms with E-state index in [1.54, 1.807) is 23.0 Å². The molecule has 1 aliphatic rings. The summed E-state index contributed by atoms with van der Waals surface area (Å²) in [6.45, 7) is 3.39. The van der Waals surface area contributed by atoms with Crippen LogP contribution in [0, 0.1) is 5.92 Å². The Balaban J connectivity index is 2.42. The first-order valence-electron chi connectivity index (χ1n) is 8.97. The molecule has 1 aliphatic heterocycles. The predicted octanol–water partition coefficient (Wildman–Crippen LogP) is 2.11. The third-order valence-electron chi connectivity index (χ3n) is 4.85. The lowest BCUT2D eigenvalue weighted by molar-refractivity contribution is -0.149. The molecular formula is C19H27ClN2O4. The fourth-order valence-electron chi connectivity index (χ4n) is 3.54. The number of nitrogens with zero attached hydrogens (tertiary/aromatic N) is 2. The second kappa shape index (κ2) is 9.90. The average Bonchev–Trinajstić information content (AvgIpc) is 2.65. The van der Waals surface area contributed by atoms with Crippen molar-refractivity contribution in [2.45, 2.75) is 25.8 Å². The standard InChI is InChI=1S/C19H27ClN2O4/c1-3-21(10-12-23)19(25)15-8-9-17(24)22(11-13-26-2)18(15)14-6-4-5-7-16(14)20/h4-7,15,18,23H,3,8-13H2,1-2H3/t15-,18+/m1/s1. The summed E-state index contributed by atoms with van der Waals surface area (Å²) in [6, 6.07) is 6.91. The maximum atomic E-state index is 13.1. The summed E-state index contributed by atoms with van der Waals surface area (Å²) in [7, 11) is 1.58. The van der Waals surface area contributed by atoms with Crippen LogP contribution in [0.3, 0.4) is 0 Å². The van der Waals surface area contributed by atoms with Gasteiger partial charge in [-0.05, 0) is 25.0 Å². The van der Waals surface area contributed by atoms with Gasteiger partial charge in [0.1, 0.15) is 0 Å². The van der Waals surface area contributed by atoms with Gasteiger partial charge in [0, 0.05) is 38.2 Å². The number of ether oxygens (including phenoxy) is 1. The monoisotopic (exact) mass is 382 g/mol. The van der Waals surface area contributed by atoms with E-state index in [-0.39, 0.29) is 25.0 Å². The van der Waals surface area contributed by atoms with Gasteiger partial charge in [-0.3, -0.25) is 9.59 Å². The Morgan fingerprint density at radius 3 is 2.77 bits per heavy atom. The van der Waals surface area contributed by atoms with Crippen LogP contribution in [0.25, 0.3) is 0 Å². The summed E-state index contributed by atoms with van der Waals surface area (Å²) >= 11 is 6.42. The molecule has 0 saturated carbocycles. The summed E-state index contributed by atoms with van der Waals surface area (Å²) < 4.78 is 5.15. The van der Waals surface area contributed by atoms with E-state index >= 15 is 0 Å². The Labute approximate surface area is 159 Å². The van der Waals surface area contributed by atoms with E-state index < -0.39 is 12.0 Å². The molecule has 2 atom stereocenters. The van der Waals surface area contributed by atoms with Gasteiger partial charge in [0.25, 0.3) is 0 Å². The van der Waals surface area contributed by atoms with Crippen LogP contribution in [0.15, 0.2) is 24.3 Å². The van der Waals surface area contributed by atoms with Gasteiger partial charge >= 0.3 is 0 Å². The quantitative estimate of drug-likeness (QED) is 0.747. The van der Waals surface area contributed by atoms with E-state index in [1.165, 1.54) is 0 Å². The summed E-state index contributed by atoms with van der Waals surface area (Å²) in [5, 5.41) is 9.80. The molecule has 2 rings (SSSR count). The zero-order valence-electron chi connectivity index (χ0n) is 15.4. The number of carbonyl (C=O) groups is 2. The third-order valence-corrected chi connectivity index (χ3v) is 5.19. The van der Waals surface area contributed by atoms with Gasteiger partial charge in [-0.2, -0.15) is 0 Å². The van der Waals surface area contributed by atoms with Crippen LogP contribution in [-0.2, 0) is 14.3 Å². The Kier molecular flexibility index (Phi) is 7.87. The molecule has 0 unspecified atom stereocenters. The Morgan fingerprint density at radius 2 is 2.15 bits per heavy atom. The third kappa shape index (κ3) is 4.55. The molecule has 0 radical (unpaired) electrons. The molecule has 1 aromatic carbocycles. The SMILES string of the molecule is CCN(CCO)C(=O)[C@@H]1CCC(=O)N(CCOC)[C@H]1c1ccccc1Cl. The van der Waals surface area contributed by atoms with E-state index in [2.05, 4.69) is 0 Å². The minimum Gasteiger partial charge on any atom is -0.395 e. The van der Waals surface area contributed by atoms with Crippen molar-refractivity contribution >= 4 is 23.4 Å². The Hall–Kier alpha value is -1.63. The molecule has 0 aromatic heterocycles. The molecule has 6 nitrogen and oxygen atoms in total. The summed E-state index contributed by atoms with van der Waals surface area (Å²) in [5.74, 6) is -0.446. The molecule has 0 aliphatic carbocycles. The molecular weight excluding hydrogens is 356 g/mol. The maximum Gasteiger partial charge on any atom is 0.228 e. The van der Waals surface area contributed by atoms with Crippen LogP contribution in [0.4, 0.5) is 0 Å². The second-order valence-corrected chi connectivity index (χ2v) is 6.74. The van der Waals surface area contributed by atoms with Gasteiger partial charge in [-0.25, -0.2) is 0 Å². The number of hydrogen-bond acceptors (Lipinski definition) is 4. The fraction of sp³-hybridized carbons (Fsp3) is 0.579. The van der Waals surface area contributed by atoms with Crippen molar-refractivity contribution < 1.29 is 19.4 Å². The van der Waals surface area contributed by atoms with E-state index in [0.29, 0.717) is 37.6 Å². The summed E-state index contributed by atoms with van der Waals surface area (Å²) in [5.41, 5.74) is 0.775. The Morgan fingerprint density at radius 1 is 1.42 bits per heavy atom. The van der Waals surface area contributed by atoms with Crippen LogP contribution < -0.4 is 0 Å². The minimum absolute atomic E-state index is 0.00114. The lowest BCUT2D eigenvalue weighted by atomic mass is 9.83. The van der Waals surface area contributed by atoms with E-state index in [0.717, 1.165) is 5.56 Å². The van der Waals surface area contributed by atoms with Crippen molar-refractivity contribution in [3.63, 3.8) is 0 Å². The average molecular weight is 383 g/mol. The van der Waals surface area contributed by atoms with Gasteiger partial charge in [0.2, 0.25) is 11.8 Å². The number of hydrogen-bond donors (Lipinski definition) is 1. The number of benzene rings is 1. The zero-order valence-corrected chi connectivity index (χ0v) is 16.1. The van der Waals surface area contributed by atoms with Gasteiger partial charge in [0.05, 0.1) is 25.2 Å². The highest BCUT2D eigenvalue weighted by atomic mass is 35.5. The molecule has 1 saturated heterocycles. The molecule has 26 heavy (non-hydrogen) atoms. The van der Waals surface area contributed by atoms with E-state index in [9.17, 15) is 14.7 Å². The number of piperidine rings is 1. The molecule has 144 valence electrons. The van der Waals surface area contributed by atoms with Crippen LogP contribution in [0.5, 0.6) is 0 Å². The van der Waals surface area contributed by atoms with Gasteiger partial charge < -0.3 is 19.6 Å². The van der Waals surface area contributed by atoms with Crippen LogP contribution in [-0.4, -0.2) is 66.7 Å². The van der Waals surface area contributed by atoms with E-state index in [1.807, 2.05) is 25.1 Å². The number of aliphatic hydroxyl groups excluding tert-OH is 1. The van der Waals surface area contributed by atoms with Crippen LogP contribution in [0.1, 0.15) is 31.4 Å². The number of methoxy groups -OCH3 is 1. The predicted molar refractivity (Wildman–Crippen MR) is 99.8 cm³/mol. The normalized spacial score (nSPS) is 20.3. The lowest BCUT2D eigenvalue weighted by Gasteiger charge is -2.42. The lowest BCUT2D eigenvalue weighted by Crippen LogP contribution is -2.50. The van der Waals surface area contributed by atoms with Crippen LogP contribution >= 0.6 is 11.6 Å². The van der Waals surface area contributed by atoms with E-state index in [4.69, 9.17) is 16.3 Å². The van der Waals surface area contributed by atoms with Crippen LogP contribution in [0.2, 0.25) is 5.02 Å². The molecule has 7 heteroatoms. The number of likely N-dealkylation sites (tertiary alicyclic amines) is 1. The van der Waals surface area contributed by atoms with Crippen molar-refractivity contribution in [1.82, 2.24) is 9.80 Å². The maximum absolute atomic E-state index is 13.1. The van der Waals surface area contributed by atoms with Crippen molar-refractivity contribution in [3.8, 4) is 0 Å². The first-order chi connectivity index (χ1) is 12.5. The van der Waals surface area contributed by atoms with Gasteiger partial charge in [-0.15, -0.1) is 0 Å². The number of amides is 2. The minimum atomic E-state index is -0.430. The molecule has 1 heterocycles. The topological polar surface area (TPSA) is 70.1 Å². The fourth-order valence-corrected chi connectivity index (χ4v) is 3.79. The molecule has 1 N–H and O–H groups in total. The molecule has 2 amide bonds. The number of halogens is 1. The highest BCUT2D eigenvalue weighted by Crippen LogP contribution is 2.40. The molecule has 1 aromatic rings. The largest absolute Gasteiger partial charge is 0.395 e. The van der Waals surface area contributed by atoms with Gasteiger partial charge in [-0.1, -0.05) is 29.8 Å². The first kappa shape index (κ1) is 20.7. The van der Waals surface area contributed by atoms with Crippen molar-refractivity contribution in [3.05, 3.63) is 34.9 Å². The number of rotatable bonds is 8. The number of likely N-dealkylation sites (N-methyl/N-ethyl adjacent to an activating group) is 1. The smallest absolute Gasteiger partial charge is 0.228 e. The molecule has 0 bridgehead atoms. The Bertz CT molecular complexity index is 625. The highest BCUT2D eigenvalue weighted by molar-refractivity contribution is 6.31.